The molecule has 6 heteroatoms. The number of halogens is 1. The molecule has 1 N–H and O–H groups in total. The summed E-state index contributed by atoms with van der Waals surface area (Å²) in [6.07, 6.45) is 0.531. The van der Waals surface area contributed by atoms with Crippen LogP contribution in [0.3, 0.4) is 0 Å². The van der Waals surface area contributed by atoms with Gasteiger partial charge in [-0.1, -0.05) is 6.92 Å². The number of hydrogen-bond donors (Lipinski definition) is 1. The zero-order chi connectivity index (χ0) is 15.4. The first-order chi connectivity index (χ1) is 10.1. The van der Waals surface area contributed by atoms with Crippen LogP contribution in [0.5, 0.6) is 11.5 Å². The van der Waals surface area contributed by atoms with Crippen LogP contribution in [0.2, 0.25) is 0 Å². The minimum atomic E-state index is -0.537. The first-order valence-corrected chi connectivity index (χ1v) is 9.84. The molecule has 3 nitrogen and oxygen atoms in total. The molecule has 1 aliphatic heterocycles. The number of rotatable bonds is 5. The van der Waals surface area contributed by atoms with Crippen molar-refractivity contribution in [2.75, 3.05) is 25.7 Å². The molecule has 2 rings (SSSR count). The largest absolute Gasteiger partial charge is 0.495 e. The number of benzene rings is 1. The van der Waals surface area contributed by atoms with E-state index in [0.29, 0.717) is 16.7 Å². The Bertz CT molecular complexity index is 484. The van der Waals surface area contributed by atoms with Crippen molar-refractivity contribution in [3.63, 3.8) is 0 Å². The highest BCUT2D eigenvalue weighted by Crippen LogP contribution is 2.45. The molecule has 0 aromatic heterocycles. The van der Waals surface area contributed by atoms with Crippen LogP contribution >= 0.6 is 39.5 Å². The summed E-state index contributed by atoms with van der Waals surface area (Å²) in [4.78, 5) is 0. The number of aliphatic hydroxyl groups excluding tert-OH is 1. The quantitative estimate of drug-likeness (QED) is 0.815. The van der Waals surface area contributed by atoms with E-state index in [0.717, 1.165) is 28.0 Å². The molecule has 1 fully saturated rings. The normalized spacial score (nSPS) is 23.7. The van der Waals surface area contributed by atoms with Crippen LogP contribution in [-0.4, -0.2) is 41.3 Å². The molecule has 3 atom stereocenters. The molecular weight excluding hydrogens is 372 g/mol. The van der Waals surface area contributed by atoms with Gasteiger partial charge in [0.05, 0.1) is 20.3 Å². The predicted molar refractivity (Wildman–Crippen MR) is 95.0 cm³/mol. The van der Waals surface area contributed by atoms with Crippen molar-refractivity contribution in [2.45, 2.75) is 29.9 Å². The molecule has 1 saturated heterocycles. The van der Waals surface area contributed by atoms with Crippen molar-refractivity contribution in [1.82, 2.24) is 0 Å². The van der Waals surface area contributed by atoms with Crippen molar-refractivity contribution in [3.8, 4) is 11.5 Å². The summed E-state index contributed by atoms with van der Waals surface area (Å²) in [6, 6.07) is 3.77. The maximum absolute atomic E-state index is 10.9. The fourth-order valence-corrected chi connectivity index (χ4v) is 6.37. The second-order valence-corrected chi connectivity index (χ2v) is 8.23. The zero-order valence-electron chi connectivity index (χ0n) is 12.5. The van der Waals surface area contributed by atoms with E-state index in [-0.39, 0.29) is 5.25 Å². The average Bonchev–Trinajstić information content (AvgIpc) is 2.53. The van der Waals surface area contributed by atoms with Crippen LogP contribution in [0.1, 0.15) is 25.0 Å². The van der Waals surface area contributed by atoms with Gasteiger partial charge in [0, 0.05) is 27.6 Å². The van der Waals surface area contributed by atoms with Crippen LogP contribution in [0, 0.1) is 0 Å². The van der Waals surface area contributed by atoms with Gasteiger partial charge < -0.3 is 14.6 Å². The number of hydrogen-bond acceptors (Lipinski definition) is 5. The molecule has 0 aliphatic carbocycles. The number of aliphatic hydroxyl groups is 1. The maximum atomic E-state index is 10.9. The highest BCUT2D eigenvalue weighted by atomic mass is 79.9. The third kappa shape index (κ3) is 3.66. The van der Waals surface area contributed by atoms with Gasteiger partial charge >= 0.3 is 0 Å². The van der Waals surface area contributed by atoms with E-state index in [9.17, 15) is 5.11 Å². The van der Waals surface area contributed by atoms with E-state index < -0.39 is 6.10 Å². The minimum Gasteiger partial charge on any atom is -0.495 e. The number of ether oxygens (including phenoxy) is 2. The molecule has 118 valence electrons. The first kappa shape index (κ1) is 17.3. The van der Waals surface area contributed by atoms with Gasteiger partial charge in [0.1, 0.15) is 16.0 Å². The van der Waals surface area contributed by atoms with Gasteiger partial charge in [-0.3, -0.25) is 0 Å². The van der Waals surface area contributed by atoms with Gasteiger partial charge in [-0.2, -0.15) is 23.5 Å². The molecule has 1 aliphatic rings. The van der Waals surface area contributed by atoms with Gasteiger partial charge in [-0.25, -0.2) is 0 Å². The van der Waals surface area contributed by atoms with Crippen LogP contribution in [-0.2, 0) is 0 Å². The summed E-state index contributed by atoms with van der Waals surface area (Å²) in [5, 5.41) is 11.5. The van der Waals surface area contributed by atoms with Crippen LogP contribution in [0.25, 0.3) is 0 Å². The third-order valence-corrected chi connectivity index (χ3v) is 7.73. The summed E-state index contributed by atoms with van der Waals surface area (Å²) in [5.74, 6) is 3.62. The summed E-state index contributed by atoms with van der Waals surface area (Å²) in [5.41, 5.74) is 0.823. The number of thioether (sulfide) groups is 2. The molecule has 21 heavy (non-hydrogen) atoms. The van der Waals surface area contributed by atoms with Crippen LogP contribution < -0.4 is 9.47 Å². The first-order valence-electron chi connectivity index (χ1n) is 6.95. The van der Waals surface area contributed by atoms with Crippen molar-refractivity contribution >= 4 is 39.5 Å². The van der Waals surface area contributed by atoms with Crippen molar-refractivity contribution < 1.29 is 14.6 Å². The zero-order valence-corrected chi connectivity index (χ0v) is 15.7. The lowest BCUT2D eigenvalue weighted by atomic mass is 10.0. The summed E-state index contributed by atoms with van der Waals surface area (Å²) in [6.45, 7) is 2.18. The van der Waals surface area contributed by atoms with E-state index in [1.807, 2.05) is 35.7 Å². The van der Waals surface area contributed by atoms with E-state index >= 15 is 0 Å². The Hall–Kier alpha value is -0.0400. The van der Waals surface area contributed by atoms with Crippen molar-refractivity contribution in [2.24, 2.45) is 0 Å². The average molecular weight is 393 g/mol. The Morgan fingerprint density at radius 2 is 2.00 bits per heavy atom. The Kier molecular flexibility index (Phi) is 6.59. The Balaban J connectivity index is 2.33. The molecule has 0 bridgehead atoms. The van der Waals surface area contributed by atoms with Gasteiger partial charge in [0.25, 0.3) is 0 Å². The lowest BCUT2D eigenvalue weighted by Crippen LogP contribution is -2.31. The lowest BCUT2D eigenvalue weighted by molar-refractivity contribution is 0.167. The van der Waals surface area contributed by atoms with Gasteiger partial charge in [-0.05, 0) is 34.5 Å². The Morgan fingerprint density at radius 3 is 2.62 bits per heavy atom. The van der Waals surface area contributed by atoms with Crippen LogP contribution in [0.15, 0.2) is 16.6 Å². The molecule has 0 radical (unpaired) electrons. The fourth-order valence-electron chi connectivity index (χ4n) is 2.56. The molecule has 1 aromatic carbocycles. The second-order valence-electron chi connectivity index (χ2n) is 4.80. The smallest absolute Gasteiger partial charge is 0.142 e. The molecule has 1 aromatic rings. The third-order valence-electron chi connectivity index (χ3n) is 3.64. The van der Waals surface area contributed by atoms with Crippen molar-refractivity contribution in [3.05, 3.63) is 22.2 Å². The summed E-state index contributed by atoms with van der Waals surface area (Å²) in [7, 11) is 3.24. The summed E-state index contributed by atoms with van der Waals surface area (Å²) >= 11 is 7.33. The van der Waals surface area contributed by atoms with E-state index in [4.69, 9.17) is 9.47 Å². The maximum Gasteiger partial charge on any atom is 0.142 e. The van der Waals surface area contributed by atoms with Gasteiger partial charge in [0.15, 0.2) is 0 Å². The van der Waals surface area contributed by atoms with Crippen LogP contribution in [0.4, 0.5) is 0 Å². The molecule has 0 amide bonds. The highest BCUT2D eigenvalue weighted by molar-refractivity contribution is 9.10. The molecular formula is C15H21BrO3S2. The standard InChI is InChI=1S/C15H21BrO3S2/c1-4-11-15(21-8-7-20-11)13(17)9-5-6-10(18-2)12(16)14(9)19-3/h5-6,11,13,15,17H,4,7-8H2,1-3H3. The van der Waals surface area contributed by atoms with E-state index in [1.165, 1.54) is 0 Å². The molecule has 0 spiro atoms. The second kappa shape index (κ2) is 7.99. The SMILES string of the molecule is CCC1SCCSC1C(O)c1ccc(OC)c(Br)c1OC. The molecule has 0 saturated carbocycles. The Labute approximate surface area is 143 Å². The van der Waals surface area contributed by atoms with Crippen molar-refractivity contribution in [1.29, 1.82) is 0 Å². The van der Waals surface area contributed by atoms with Gasteiger partial charge in [-0.15, -0.1) is 0 Å². The Morgan fingerprint density at radius 1 is 1.29 bits per heavy atom. The van der Waals surface area contributed by atoms with E-state index in [2.05, 4.69) is 22.9 Å². The van der Waals surface area contributed by atoms with E-state index in [1.54, 1.807) is 14.2 Å². The lowest BCUT2D eigenvalue weighted by Gasteiger charge is -2.34. The molecule has 3 unspecified atom stereocenters. The molecule has 1 heterocycles. The summed E-state index contributed by atoms with van der Waals surface area (Å²) < 4.78 is 11.5. The predicted octanol–water partition coefficient (Wildman–Crippen LogP) is 4.13. The topological polar surface area (TPSA) is 38.7 Å². The van der Waals surface area contributed by atoms with Gasteiger partial charge in [0.2, 0.25) is 0 Å². The number of methoxy groups -OCH3 is 2. The fraction of sp³-hybridized carbons (Fsp3) is 0.600. The highest BCUT2D eigenvalue weighted by Gasteiger charge is 2.34. The minimum absolute atomic E-state index is 0.197. The monoisotopic (exact) mass is 392 g/mol.